The Bertz CT molecular complexity index is 1730. The minimum Gasteiger partial charge on any atom is -0.458 e. The fourth-order valence-corrected chi connectivity index (χ4v) is 14.4. The van der Waals surface area contributed by atoms with E-state index >= 15 is 0 Å². The van der Waals surface area contributed by atoms with E-state index in [1.807, 2.05) is 13.8 Å². The van der Waals surface area contributed by atoms with Crippen molar-refractivity contribution in [1.82, 2.24) is 0 Å². The average Bonchev–Trinajstić information content (AvgIpc) is 3.79. The zero-order valence-corrected chi connectivity index (χ0v) is 38.4. The first-order valence-corrected chi connectivity index (χ1v) is 24.4. The van der Waals surface area contributed by atoms with Crippen molar-refractivity contribution in [2.75, 3.05) is 6.61 Å². The van der Waals surface area contributed by atoms with Gasteiger partial charge in [-0.1, -0.05) is 19.0 Å². The van der Waals surface area contributed by atoms with Crippen LogP contribution < -0.4 is 0 Å². The Morgan fingerprint density at radius 3 is 1.80 bits per heavy atom. The molecule has 4 N–H and O–H groups in total. The number of aliphatic hydroxyl groups is 4. The molecule has 0 amide bonds. The summed E-state index contributed by atoms with van der Waals surface area (Å²) in [6, 6.07) is -0.266. The molecule has 17 nitrogen and oxygen atoms in total. The minimum atomic E-state index is -0.965. The number of nitrogens with zero attached hydrogens (tertiary/aromatic N) is 3. The Kier molecular flexibility index (Phi) is 13.6. The van der Waals surface area contributed by atoms with Crippen LogP contribution in [-0.2, 0) is 47.4 Å². The third-order valence-electron chi connectivity index (χ3n) is 17.9. The molecule has 0 bridgehead atoms. The maximum Gasteiger partial charge on any atom is 0.331 e. The summed E-state index contributed by atoms with van der Waals surface area (Å²) >= 11 is 0. The SMILES string of the molecule is CC1O[C@@H](OC2C(C)O[C@@H](OC3C(C)O[C@@H](O[C@H]4CCC5(C)C6CCC7(C)[C@@H](C8=CC(=O)OC8)CC[C@]7(O)[C@@H]6CC[C@@H]5C4)C[C@H]3O)C[C@H]2O)C[C@@H](O)C1O[C@H]1CC[C@@H](N=[N+]=[N-])C(C)O1. The fourth-order valence-electron chi connectivity index (χ4n) is 14.4. The van der Waals surface area contributed by atoms with Crippen LogP contribution in [-0.4, -0.2) is 137 Å². The first-order valence-electron chi connectivity index (χ1n) is 24.4. The van der Waals surface area contributed by atoms with E-state index in [-0.39, 0.29) is 66.1 Å². The van der Waals surface area contributed by atoms with Crippen LogP contribution in [0.5, 0.6) is 0 Å². The number of hydrogen-bond donors (Lipinski definition) is 4. The first-order chi connectivity index (χ1) is 30.5. The number of cyclic esters (lactones) is 1. The molecular formula is C47H73N3O14. The predicted molar refractivity (Wildman–Crippen MR) is 227 cm³/mol. The molecule has 0 aromatic carbocycles. The van der Waals surface area contributed by atoms with E-state index in [1.165, 1.54) is 0 Å². The quantitative estimate of drug-likeness (QED) is 0.0701. The van der Waals surface area contributed by atoms with Crippen molar-refractivity contribution in [3.8, 4) is 0 Å². The summed E-state index contributed by atoms with van der Waals surface area (Å²) in [7, 11) is 0. The second kappa shape index (κ2) is 18.5. The Balaban J connectivity index is 0.725. The molecule has 9 rings (SSSR count). The summed E-state index contributed by atoms with van der Waals surface area (Å²) in [5.74, 6) is 1.09. The van der Waals surface area contributed by atoms with Crippen molar-refractivity contribution in [2.45, 2.75) is 235 Å². The molecular weight excluding hydrogens is 831 g/mol. The Labute approximate surface area is 376 Å². The standard InChI is InChI=1S/C47H73N3O14/c1-23-33(49-50-48)9-10-38(57-23)62-42-24(2)59-40(20-35(42)52)64-44-26(4)60-41(21-36(44)53)63-43-25(3)58-39(19-34(43)51)61-29-11-14-45(5)28(18-29)7-8-32-31(45)12-15-46(6)30(13-16-47(32,46)55)27-17-37(54)56-22-27/h17,23-26,28-36,38-44,51-53,55H,7-16,18-22H2,1-6H3/t23?,24?,25?,26?,28-,29+,30-,31?,32-,33-,34-,35-,36-,38+,39+,40+,41+,42?,43?,44?,45?,46?,47+/m1/s1. The van der Waals surface area contributed by atoms with Gasteiger partial charge in [-0.2, -0.15) is 0 Å². The average molecular weight is 904 g/mol. The number of ether oxygens (including phenoxy) is 9. The highest BCUT2D eigenvalue weighted by atomic mass is 16.7. The first kappa shape index (κ1) is 47.1. The number of azide groups is 1. The van der Waals surface area contributed by atoms with E-state index in [4.69, 9.17) is 48.2 Å². The Morgan fingerprint density at radius 2 is 1.25 bits per heavy atom. The van der Waals surface area contributed by atoms with Crippen LogP contribution >= 0.6 is 0 Å². The van der Waals surface area contributed by atoms with Crippen LogP contribution in [0.3, 0.4) is 0 Å². The fraction of sp³-hybridized carbons (Fsp3) is 0.936. The zero-order chi connectivity index (χ0) is 45.3. The number of fused-ring (bicyclic) bond motifs is 5. The maximum atomic E-state index is 12.6. The van der Waals surface area contributed by atoms with Gasteiger partial charge in [0.05, 0.1) is 60.5 Å². The Morgan fingerprint density at radius 1 is 0.672 bits per heavy atom. The van der Waals surface area contributed by atoms with Crippen molar-refractivity contribution < 1.29 is 67.9 Å². The van der Waals surface area contributed by atoms with Gasteiger partial charge in [0.15, 0.2) is 25.2 Å². The van der Waals surface area contributed by atoms with E-state index in [2.05, 4.69) is 23.9 Å². The van der Waals surface area contributed by atoms with Crippen LogP contribution in [0.2, 0.25) is 0 Å². The molecule has 8 fully saturated rings. The number of rotatable bonds is 10. The zero-order valence-electron chi connectivity index (χ0n) is 38.4. The molecule has 4 saturated carbocycles. The molecule has 0 spiro atoms. The summed E-state index contributed by atoms with van der Waals surface area (Å²) in [5, 5.41) is 50.2. The van der Waals surface area contributed by atoms with E-state index in [9.17, 15) is 25.2 Å². The Hall–Kier alpha value is -1.96. The largest absolute Gasteiger partial charge is 0.458 e. The van der Waals surface area contributed by atoms with Gasteiger partial charge in [0.25, 0.3) is 0 Å². The summed E-state index contributed by atoms with van der Waals surface area (Å²) < 4.78 is 55.2. The van der Waals surface area contributed by atoms with Crippen LogP contribution in [0.4, 0.5) is 0 Å². The van der Waals surface area contributed by atoms with E-state index in [0.29, 0.717) is 31.3 Å². The van der Waals surface area contributed by atoms with Crippen molar-refractivity contribution >= 4 is 5.97 Å². The summed E-state index contributed by atoms with van der Waals surface area (Å²) in [6.07, 6.45) is 2.34. The molecule has 64 heavy (non-hydrogen) atoms. The van der Waals surface area contributed by atoms with E-state index < -0.39 is 85.7 Å². The van der Waals surface area contributed by atoms with Crippen LogP contribution in [0, 0.1) is 34.5 Å². The second-order valence-corrected chi connectivity index (χ2v) is 21.5. The second-order valence-electron chi connectivity index (χ2n) is 21.5. The molecule has 4 aliphatic carbocycles. The normalized spacial score (nSPS) is 53.0. The van der Waals surface area contributed by atoms with E-state index in [0.717, 1.165) is 63.4 Å². The summed E-state index contributed by atoms with van der Waals surface area (Å²) in [6.45, 7) is 12.4. The third kappa shape index (κ3) is 8.71. The highest BCUT2D eigenvalue weighted by Gasteiger charge is 2.68. The van der Waals surface area contributed by atoms with Gasteiger partial charge in [-0.25, -0.2) is 4.79 Å². The number of carbonyl (C=O) groups excluding carboxylic acids is 1. The summed E-state index contributed by atoms with van der Waals surface area (Å²) in [5.41, 5.74) is 8.98. The van der Waals surface area contributed by atoms with E-state index in [1.54, 1.807) is 19.9 Å². The monoisotopic (exact) mass is 904 g/mol. The molecule has 0 aromatic heterocycles. The topological polar surface area (TPSA) is 230 Å². The van der Waals surface area contributed by atoms with Crippen molar-refractivity contribution in [2.24, 2.45) is 39.6 Å². The molecule has 360 valence electrons. The molecule has 23 atom stereocenters. The minimum absolute atomic E-state index is 0.00987. The molecule has 0 radical (unpaired) electrons. The highest BCUT2D eigenvalue weighted by molar-refractivity contribution is 5.85. The lowest BCUT2D eigenvalue weighted by molar-refractivity contribution is -0.342. The van der Waals surface area contributed by atoms with Gasteiger partial charge >= 0.3 is 5.97 Å². The number of aliphatic hydroxyl groups excluding tert-OH is 3. The summed E-state index contributed by atoms with van der Waals surface area (Å²) in [4.78, 5) is 14.9. The third-order valence-corrected chi connectivity index (χ3v) is 17.9. The molecule has 9 aliphatic rings. The van der Waals surface area contributed by atoms with Gasteiger partial charge in [-0.15, -0.1) is 0 Å². The molecule has 0 aromatic rings. The maximum absolute atomic E-state index is 12.6. The number of carbonyl (C=O) groups is 1. The van der Waals surface area contributed by atoms with Crippen LogP contribution in [0.25, 0.3) is 10.4 Å². The highest BCUT2D eigenvalue weighted by Crippen LogP contribution is 2.70. The van der Waals surface area contributed by atoms with Crippen molar-refractivity contribution in [1.29, 1.82) is 0 Å². The molecule has 10 unspecified atom stereocenters. The van der Waals surface area contributed by atoms with Crippen molar-refractivity contribution in [3.05, 3.63) is 22.1 Å². The van der Waals surface area contributed by atoms with Gasteiger partial charge in [-0.05, 0) is 139 Å². The van der Waals surface area contributed by atoms with Crippen LogP contribution in [0.15, 0.2) is 16.8 Å². The molecule has 17 heteroatoms. The lowest BCUT2D eigenvalue weighted by Crippen LogP contribution is -2.62. The lowest BCUT2D eigenvalue weighted by atomic mass is 9.43. The number of esters is 1. The smallest absolute Gasteiger partial charge is 0.331 e. The van der Waals surface area contributed by atoms with Gasteiger partial charge < -0.3 is 63.1 Å². The van der Waals surface area contributed by atoms with Crippen molar-refractivity contribution in [3.63, 3.8) is 0 Å². The molecule has 5 heterocycles. The number of hydrogen-bond acceptors (Lipinski definition) is 15. The van der Waals surface area contributed by atoms with Gasteiger partial charge in [0.1, 0.15) is 24.9 Å². The molecule has 4 saturated heterocycles. The van der Waals surface area contributed by atoms with Crippen LogP contribution in [0.1, 0.15) is 131 Å². The van der Waals surface area contributed by atoms with Gasteiger partial charge in [-0.3, -0.25) is 0 Å². The van der Waals surface area contributed by atoms with Gasteiger partial charge in [0, 0.05) is 35.7 Å². The molecule has 5 aliphatic heterocycles. The van der Waals surface area contributed by atoms with Gasteiger partial charge in [0.2, 0.25) is 0 Å². The lowest BCUT2D eigenvalue weighted by Gasteiger charge is -2.64. The predicted octanol–water partition coefficient (Wildman–Crippen LogP) is 5.48.